The van der Waals surface area contributed by atoms with Gasteiger partial charge in [0.25, 0.3) is 0 Å². The number of halogens is 1. The number of H-pyrrole nitrogens is 1. The fourth-order valence-corrected chi connectivity index (χ4v) is 3.23. The Kier molecular flexibility index (Phi) is 3.10. The maximum atomic E-state index is 13.6. The first-order chi connectivity index (χ1) is 10.7. The lowest BCUT2D eigenvalue weighted by Crippen LogP contribution is -2.33. The van der Waals surface area contributed by atoms with E-state index in [2.05, 4.69) is 15.3 Å². The number of benzene rings is 1. The van der Waals surface area contributed by atoms with Crippen LogP contribution >= 0.6 is 0 Å². The number of guanidine groups is 1. The maximum absolute atomic E-state index is 13.6. The Hall–Kier alpha value is -2.37. The number of aromatic nitrogens is 1. The average Bonchev–Trinajstić information content (AvgIpc) is 3.14. The van der Waals surface area contributed by atoms with Crippen LogP contribution in [0.5, 0.6) is 0 Å². The van der Waals surface area contributed by atoms with E-state index in [0.717, 1.165) is 66.2 Å². The smallest absolute Gasteiger partial charge is 0.214 e. The van der Waals surface area contributed by atoms with Gasteiger partial charge in [0.15, 0.2) is 0 Å². The average molecular weight is 299 g/mol. The summed E-state index contributed by atoms with van der Waals surface area (Å²) >= 11 is 0. The predicted octanol–water partition coefficient (Wildman–Crippen LogP) is 2.24. The van der Waals surface area contributed by atoms with E-state index >= 15 is 0 Å². The third-order valence-corrected chi connectivity index (χ3v) is 4.20. The van der Waals surface area contributed by atoms with Gasteiger partial charge in [-0.25, -0.2) is 14.4 Å². The van der Waals surface area contributed by atoms with E-state index in [1.165, 1.54) is 6.07 Å². The highest BCUT2D eigenvalue weighted by Gasteiger charge is 2.22. The molecule has 0 saturated carbocycles. The van der Waals surface area contributed by atoms with E-state index in [1.54, 1.807) is 17.1 Å². The molecule has 4 rings (SSSR count). The van der Waals surface area contributed by atoms with Crippen molar-refractivity contribution in [3.8, 4) is 0 Å². The third-order valence-electron chi connectivity index (χ3n) is 4.20. The monoisotopic (exact) mass is 299 g/mol. The molecule has 5 nitrogen and oxygen atoms in total. The largest absolute Gasteiger partial charge is 0.358 e. The molecule has 1 aromatic heterocycles. The molecule has 0 saturated heterocycles. The highest BCUT2D eigenvalue weighted by Crippen LogP contribution is 2.30. The number of hydrogen-bond donors (Lipinski definition) is 2. The first kappa shape index (κ1) is 13.3. The van der Waals surface area contributed by atoms with Crippen LogP contribution in [0.15, 0.2) is 28.3 Å². The molecule has 2 aliphatic rings. The molecule has 1 aliphatic carbocycles. The summed E-state index contributed by atoms with van der Waals surface area (Å²) in [4.78, 5) is 7.78. The van der Waals surface area contributed by atoms with E-state index in [0.29, 0.717) is 0 Å². The van der Waals surface area contributed by atoms with Gasteiger partial charge < -0.3 is 10.3 Å². The van der Waals surface area contributed by atoms with Crippen molar-refractivity contribution >= 4 is 22.6 Å². The maximum Gasteiger partial charge on any atom is 0.214 e. The Morgan fingerprint density at radius 2 is 2.23 bits per heavy atom. The molecule has 0 unspecified atom stereocenters. The molecule has 1 aromatic carbocycles. The molecule has 0 fully saturated rings. The van der Waals surface area contributed by atoms with Crippen LogP contribution in [0.25, 0.3) is 10.9 Å². The highest BCUT2D eigenvalue weighted by atomic mass is 19.1. The second-order valence-corrected chi connectivity index (χ2v) is 5.72. The van der Waals surface area contributed by atoms with Crippen molar-refractivity contribution in [3.05, 3.63) is 35.3 Å². The van der Waals surface area contributed by atoms with Gasteiger partial charge in [-0.3, -0.25) is 0 Å². The lowest BCUT2D eigenvalue weighted by atomic mass is 9.93. The van der Waals surface area contributed by atoms with Gasteiger partial charge in [-0.2, -0.15) is 5.10 Å². The van der Waals surface area contributed by atoms with Crippen molar-refractivity contribution in [2.75, 3.05) is 20.1 Å². The summed E-state index contributed by atoms with van der Waals surface area (Å²) in [7, 11) is 1.90. The zero-order valence-electron chi connectivity index (χ0n) is 12.5. The molecule has 2 aromatic rings. The number of hydrogen-bond acceptors (Lipinski definition) is 4. The Morgan fingerprint density at radius 1 is 1.32 bits per heavy atom. The summed E-state index contributed by atoms with van der Waals surface area (Å²) < 4.78 is 13.6. The van der Waals surface area contributed by atoms with Crippen LogP contribution in [0.4, 0.5) is 4.39 Å². The van der Waals surface area contributed by atoms with Crippen molar-refractivity contribution in [1.29, 1.82) is 0 Å². The molecule has 2 N–H and O–H groups in total. The molecule has 114 valence electrons. The number of hydrazone groups is 1. The van der Waals surface area contributed by atoms with Crippen molar-refractivity contribution in [2.24, 2.45) is 10.1 Å². The first-order valence-electron chi connectivity index (χ1n) is 7.62. The standard InChI is InChI=1S/C16H18FN5/c1-22(16-18-7-8-19-16)21-14-4-2-3-13-15(14)11-9-10(17)5-6-12(11)20-13/h5-6,9,20H,2-4,7-8H2,1H3,(H,18,19)/b21-14+. The number of aromatic amines is 1. The summed E-state index contributed by atoms with van der Waals surface area (Å²) in [5.74, 6) is 0.583. The summed E-state index contributed by atoms with van der Waals surface area (Å²) in [5, 5.41) is 10.6. The van der Waals surface area contributed by atoms with E-state index in [1.807, 2.05) is 7.05 Å². The van der Waals surface area contributed by atoms with Gasteiger partial charge in [0.05, 0.1) is 12.3 Å². The van der Waals surface area contributed by atoms with Crippen LogP contribution in [0.3, 0.4) is 0 Å². The SMILES string of the molecule is CN(/N=C1\CCCc2[nH]c3ccc(F)cc3c21)C1=NCCN1. The van der Waals surface area contributed by atoms with Gasteiger partial charge in [0, 0.05) is 35.8 Å². The van der Waals surface area contributed by atoms with Crippen LogP contribution in [0.1, 0.15) is 24.1 Å². The quantitative estimate of drug-likeness (QED) is 0.794. The van der Waals surface area contributed by atoms with Gasteiger partial charge in [0.1, 0.15) is 5.82 Å². The minimum Gasteiger partial charge on any atom is -0.358 e. The summed E-state index contributed by atoms with van der Waals surface area (Å²) in [5.41, 5.74) is 4.18. The Labute approximate surface area is 127 Å². The van der Waals surface area contributed by atoms with E-state index in [-0.39, 0.29) is 5.82 Å². The van der Waals surface area contributed by atoms with Crippen molar-refractivity contribution in [3.63, 3.8) is 0 Å². The van der Waals surface area contributed by atoms with E-state index in [9.17, 15) is 4.39 Å². The van der Waals surface area contributed by atoms with Crippen LogP contribution in [0, 0.1) is 5.82 Å². The first-order valence-corrected chi connectivity index (χ1v) is 7.62. The highest BCUT2D eigenvalue weighted by molar-refractivity contribution is 6.12. The molecular weight excluding hydrogens is 281 g/mol. The third kappa shape index (κ3) is 2.15. The molecule has 0 spiro atoms. The van der Waals surface area contributed by atoms with Crippen molar-refractivity contribution in [1.82, 2.24) is 15.3 Å². The number of aliphatic imine (C=N–C) groups is 1. The molecule has 0 atom stereocenters. The van der Waals surface area contributed by atoms with E-state index in [4.69, 9.17) is 5.10 Å². The Bertz CT molecular complexity index is 789. The van der Waals surface area contributed by atoms with Crippen LogP contribution in [0.2, 0.25) is 0 Å². The summed E-state index contributed by atoms with van der Waals surface area (Å²) in [6.45, 7) is 1.64. The summed E-state index contributed by atoms with van der Waals surface area (Å²) in [6.07, 6.45) is 2.93. The second kappa shape index (κ2) is 5.12. The Balaban J connectivity index is 1.80. The number of aryl methyl sites for hydroxylation is 1. The van der Waals surface area contributed by atoms with Gasteiger partial charge in [-0.1, -0.05) is 0 Å². The molecular formula is C16H18FN5. The van der Waals surface area contributed by atoms with Crippen LogP contribution < -0.4 is 5.32 Å². The topological polar surface area (TPSA) is 55.8 Å². The number of nitrogens with one attached hydrogen (secondary N) is 2. The lowest BCUT2D eigenvalue weighted by Gasteiger charge is -2.19. The molecule has 0 radical (unpaired) electrons. The number of nitrogens with zero attached hydrogens (tertiary/aromatic N) is 3. The zero-order valence-corrected chi connectivity index (χ0v) is 12.5. The number of fused-ring (bicyclic) bond motifs is 3. The van der Waals surface area contributed by atoms with Crippen LogP contribution in [-0.2, 0) is 6.42 Å². The number of rotatable bonds is 1. The van der Waals surface area contributed by atoms with Crippen molar-refractivity contribution < 1.29 is 4.39 Å². The predicted molar refractivity (Wildman–Crippen MR) is 85.8 cm³/mol. The van der Waals surface area contributed by atoms with Gasteiger partial charge in [-0.15, -0.1) is 0 Å². The second-order valence-electron chi connectivity index (χ2n) is 5.72. The van der Waals surface area contributed by atoms with Gasteiger partial charge in [-0.05, 0) is 37.5 Å². The fraction of sp³-hybridized carbons (Fsp3) is 0.375. The molecule has 0 bridgehead atoms. The normalized spacial score (nSPS) is 19.2. The minimum absolute atomic E-state index is 0.214. The van der Waals surface area contributed by atoms with Crippen molar-refractivity contribution in [2.45, 2.75) is 19.3 Å². The Morgan fingerprint density at radius 3 is 3.05 bits per heavy atom. The molecule has 0 amide bonds. The lowest BCUT2D eigenvalue weighted by molar-refractivity contribution is 0.524. The van der Waals surface area contributed by atoms with Gasteiger partial charge >= 0.3 is 0 Å². The fourth-order valence-electron chi connectivity index (χ4n) is 3.23. The summed E-state index contributed by atoms with van der Waals surface area (Å²) in [6, 6.07) is 4.88. The molecule has 2 heterocycles. The molecule has 1 aliphatic heterocycles. The van der Waals surface area contributed by atoms with Crippen LogP contribution in [-0.4, -0.2) is 41.8 Å². The minimum atomic E-state index is -0.214. The van der Waals surface area contributed by atoms with E-state index < -0.39 is 0 Å². The molecule has 6 heteroatoms. The molecule has 22 heavy (non-hydrogen) atoms. The van der Waals surface area contributed by atoms with Gasteiger partial charge in [0.2, 0.25) is 5.96 Å². The zero-order chi connectivity index (χ0) is 15.1.